The number of carbonyl (C=O) groups is 2. The molecule has 0 unspecified atom stereocenters. The average molecular weight is 721 g/mol. The van der Waals surface area contributed by atoms with E-state index in [2.05, 4.69) is 79.1 Å². The third-order valence-corrected chi connectivity index (χ3v) is 8.19. The Morgan fingerprint density at radius 3 is 1.52 bits per heavy atom. The normalized spacial score (nSPS) is 13.3. The van der Waals surface area contributed by atoms with Gasteiger partial charge in [0, 0.05) is 12.8 Å². The minimum atomic E-state index is -4.77. The van der Waals surface area contributed by atoms with Crippen LogP contribution < -0.4 is 0 Å². The van der Waals surface area contributed by atoms with Crippen LogP contribution in [0, 0.1) is 0 Å². The van der Waals surface area contributed by atoms with Gasteiger partial charge in [-0.25, -0.2) is 4.57 Å². The van der Waals surface area contributed by atoms with Crippen molar-refractivity contribution in [3.63, 3.8) is 0 Å². The summed E-state index contributed by atoms with van der Waals surface area (Å²) in [5, 5.41) is 0. The van der Waals surface area contributed by atoms with Gasteiger partial charge in [-0.2, -0.15) is 0 Å². The van der Waals surface area contributed by atoms with Crippen LogP contribution in [0.2, 0.25) is 0 Å². The van der Waals surface area contributed by atoms with Crippen molar-refractivity contribution in [2.75, 3.05) is 13.2 Å². The lowest BCUT2D eigenvalue weighted by molar-refractivity contribution is -0.161. The Morgan fingerprint density at radius 2 is 0.980 bits per heavy atom. The molecule has 0 heterocycles. The van der Waals surface area contributed by atoms with E-state index in [4.69, 9.17) is 19.3 Å². The summed E-state index contributed by atoms with van der Waals surface area (Å²) in [5.41, 5.74) is 0. The molecular formula is C41H69O8P. The van der Waals surface area contributed by atoms with Crippen molar-refractivity contribution in [1.82, 2.24) is 0 Å². The molecule has 0 aromatic rings. The number of esters is 2. The lowest BCUT2D eigenvalue weighted by atomic mass is 10.1. The van der Waals surface area contributed by atoms with Crippen molar-refractivity contribution in [3.05, 3.63) is 72.9 Å². The highest BCUT2D eigenvalue weighted by Crippen LogP contribution is 2.36. The molecule has 0 aliphatic rings. The fourth-order valence-corrected chi connectivity index (χ4v) is 5.22. The van der Waals surface area contributed by atoms with Gasteiger partial charge >= 0.3 is 19.8 Å². The van der Waals surface area contributed by atoms with E-state index in [0.29, 0.717) is 19.3 Å². The minimum absolute atomic E-state index is 0.130. The summed E-state index contributed by atoms with van der Waals surface area (Å²) in [6, 6.07) is 0. The SMILES string of the molecule is CC/C=C/C/C=C/C/C=C/C/C=C/C/C=C/CCCC(=O)O[C@H](COC(=O)CCCCCCCCCCC/C=C/CCCC)COP(=O)(O)O. The van der Waals surface area contributed by atoms with Crippen LogP contribution in [0.25, 0.3) is 0 Å². The average Bonchev–Trinajstić information content (AvgIpc) is 3.08. The van der Waals surface area contributed by atoms with Gasteiger partial charge in [0.15, 0.2) is 6.10 Å². The molecule has 286 valence electrons. The first-order valence-corrected chi connectivity index (χ1v) is 20.8. The van der Waals surface area contributed by atoms with Crippen LogP contribution in [0.1, 0.15) is 155 Å². The lowest BCUT2D eigenvalue weighted by Gasteiger charge is -2.18. The Hall–Kier alpha value is -2.51. The Balaban J connectivity index is 4.08. The Bertz CT molecular complexity index is 1040. The van der Waals surface area contributed by atoms with Crippen molar-refractivity contribution in [1.29, 1.82) is 0 Å². The van der Waals surface area contributed by atoms with E-state index in [1.54, 1.807) is 0 Å². The largest absolute Gasteiger partial charge is 0.469 e. The molecular weight excluding hydrogens is 651 g/mol. The second kappa shape index (κ2) is 36.3. The molecule has 0 aromatic carbocycles. The number of allylic oxidation sites excluding steroid dienone is 12. The van der Waals surface area contributed by atoms with Gasteiger partial charge in [0.05, 0.1) is 6.61 Å². The van der Waals surface area contributed by atoms with Crippen molar-refractivity contribution in [2.45, 2.75) is 161 Å². The van der Waals surface area contributed by atoms with Crippen molar-refractivity contribution >= 4 is 19.8 Å². The van der Waals surface area contributed by atoms with Gasteiger partial charge in [0.25, 0.3) is 0 Å². The Kier molecular flexibility index (Phi) is 34.5. The molecule has 0 amide bonds. The molecule has 2 N–H and O–H groups in total. The molecule has 0 aliphatic carbocycles. The zero-order valence-corrected chi connectivity index (χ0v) is 32.2. The van der Waals surface area contributed by atoms with Crippen molar-refractivity contribution in [2.24, 2.45) is 0 Å². The summed E-state index contributed by atoms with van der Waals surface area (Å²) in [6.45, 7) is 3.48. The molecule has 0 saturated heterocycles. The first-order chi connectivity index (χ1) is 24.3. The van der Waals surface area contributed by atoms with E-state index >= 15 is 0 Å². The highest BCUT2D eigenvalue weighted by atomic mass is 31.2. The van der Waals surface area contributed by atoms with Crippen LogP contribution in [-0.4, -0.2) is 41.0 Å². The molecule has 0 radical (unpaired) electrons. The van der Waals surface area contributed by atoms with E-state index in [0.717, 1.165) is 51.4 Å². The van der Waals surface area contributed by atoms with Crippen LogP contribution >= 0.6 is 7.82 Å². The van der Waals surface area contributed by atoms with Crippen LogP contribution in [-0.2, 0) is 28.2 Å². The predicted molar refractivity (Wildman–Crippen MR) is 207 cm³/mol. The summed E-state index contributed by atoms with van der Waals surface area (Å²) < 4.78 is 26.3. The number of unbranched alkanes of at least 4 members (excludes halogenated alkanes) is 12. The van der Waals surface area contributed by atoms with Crippen LogP contribution in [0.5, 0.6) is 0 Å². The van der Waals surface area contributed by atoms with Crippen LogP contribution in [0.15, 0.2) is 72.9 Å². The maximum absolute atomic E-state index is 12.3. The molecule has 0 saturated carbocycles. The zero-order valence-electron chi connectivity index (χ0n) is 31.3. The molecule has 1 atom stereocenters. The summed E-state index contributed by atoms with van der Waals surface area (Å²) in [4.78, 5) is 42.7. The molecule has 8 nitrogen and oxygen atoms in total. The Morgan fingerprint density at radius 1 is 0.540 bits per heavy atom. The standard InChI is InChI=1S/C41H69O8P/c1-3-5-7-9-11-13-15-17-19-20-22-24-26-28-30-32-34-36-41(43)49-39(38-48-50(44,45)46)37-47-40(42)35-33-31-29-27-25-23-21-18-16-14-12-10-8-6-4-2/h5,7,10-13,17,19,22,24,28,30,39H,3-4,6,8-9,14-16,18,20-21,23,25-27,29,31-38H2,1-2H3,(H2,44,45,46)/b7-5+,12-10+,13-11+,19-17+,24-22+,30-28+/t39-/m1/s1. The molecule has 0 fully saturated rings. The predicted octanol–water partition coefficient (Wildman–Crippen LogP) is 11.5. The number of rotatable bonds is 34. The molecule has 0 rings (SSSR count). The number of phosphoric acid groups is 1. The van der Waals surface area contributed by atoms with Crippen molar-refractivity contribution in [3.8, 4) is 0 Å². The second-order valence-corrected chi connectivity index (χ2v) is 13.8. The maximum atomic E-state index is 12.3. The number of carbonyl (C=O) groups excluding carboxylic acids is 2. The smallest absolute Gasteiger partial charge is 0.462 e. The zero-order chi connectivity index (χ0) is 36.8. The first-order valence-electron chi connectivity index (χ1n) is 19.2. The fourth-order valence-electron chi connectivity index (χ4n) is 4.86. The van der Waals surface area contributed by atoms with E-state index in [1.807, 2.05) is 12.2 Å². The van der Waals surface area contributed by atoms with Crippen LogP contribution in [0.3, 0.4) is 0 Å². The minimum Gasteiger partial charge on any atom is -0.462 e. The second-order valence-electron chi connectivity index (χ2n) is 12.5. The van der Waals surface area contributed by atoms with E-state index in [-0.39, 0.29) is 19.4 Å². The van der Waals surface area contributed by atoms with Gasteiger partial charge in [-0.15, -0.1) is 0 Å². The highest BCUT2D eigenvalue weighted by molar-refractivity contribution is 7.46. The van der Waals surface area contributed by atoms with Gasteiger partial charge in [-0.3, -0.25) is 14.1 Å². The number of hydrogen-bond donors (Lipinski definition) is 2. The summed E-state index contributed by atoms with van der Waals surface area (Å²) in [6.07, 6.45) is 46.3. The number of phosphoric ester groups is 1. The summed E-state index contributed by atoms with van der Waals surface area (Å²) in [5.74, 6) is -0.962. The first kappa shape index (κ1) is 47.5. The third-order valence-electron chi connectivity index (χ3n) is 7.71. The van der Waals surface area contributed by atoms with E-state index in [1.165, 1.54) is 57.8 Å². The summed E-state index contributed by atoms with van der Waals surface area (Å²) in [7, 11) is -4.77. The quantitative estimate of drug-likeness (QED) is 0.0292. The highest BCUT2D eigenvalue weighted by Gasteiger charge is 2.22. The van der Waals surface area contributed by atoms with E-state index in [9.17, 15) is 14.2 Å². The van der Waals surface area contributed by atoms with Gasteiger partial charge in [-0.1, -0.05) is 145 Å². The maximum Gasteiger partial charge on any atom is 0.469 e. The van der Waals surface area contributed by atoms with Gasteiger partial charge in [-0.05, 0) is 70.6 Å². The van der Waals surface area contributed by atoms with Crippen LogP contribution in [0.4, 0.5) is 0 Å². The van der Waals surface area contributed by atoms with E-state index < -0.39 is 32.5 Å². The van der Waals surface area contributed by atoms with Gasteiger partial charge in [0.2, 0.25) is 0 Å². The number of ether oxygens (including phenoxy) is 2. The topological polar surface area (TPSA) is 119 Å². The molecule has 9 heteroatoms. The Labute approximate surface area is 304 Å². The lowest BCUT2D eigenvalue weighted by Crippen LogP contribution is -2.29. The fraction of sp³-hybridized carbons (Fsp3) is 0.659. The molecule has 0 spiro atoms. The summed E-state index contributed by atoms with van der Waals surface area (Å²) >= 11 is 0. The molecule has 0 bridgehead atoms. The van der Waals surface area contributed by atoms with Crippen molar-refractivity contribution < 1.29 is 37.9 Å². The van der Waals surface area contributed by atoms with Gasteiger partial charge in [0.1, 0.15) is 6.61 Å². The van der Waals surface area contributed by atoms with Gasteiger partial charge < -0.3 is 19.3 Å². The monoisotopic (exact) mass is 720 g/mol. The number of hydrogen-bond acceptors (Lipinski definition) is 6. The molecule has 0 aliphatic heterocycles. The third kappa shape index (κ3) is 38.3. The molecule has 50 heavy (non-hydrogen) atoms. The molecule has 0 aromatic heterocycles.